The summed E-state index contributed by atoms with van der Waals surface area (Å²) in [6.07, 6.45) is 4.88. The zero-order valence-corrected chi connectivity index (χ0v) is 17.8. The summed E-state index contributed by atoms with van der Waals surface area (Å²) < 4.78 is 7.13. The molecule has 1 aromatic rings. The van der Waals surface area contributed by atoms with Crippen LogP contribution < -0.4 is 5.32 Å². The standard InChI is InChI=1S/C19H34N4O3S/c1-13(2)12-15(20-17(25)14-8-6-5-7-9-14)16(24)18-21-23(19(27)26-18)11-10-22(3)4/h13-16,24H,5-12H2,1-4H3,(H,20,25). The fraction of sp³-hybridized carbons (Fsp3) is 0.842. The monoisotopic (exact) mass is 398 g/mol. The van der Waals surface area contributed by atoms with Crippen molar-refractivity contribution in [3.05, 3.63) is 10.7 Å². The van der Waals surface area contributed by atoms with E-state index in [1.54, 1.807) is 4.68 Å². The third-order valence-electron chi connectivity index (χ3n) is 5.04. The number of aliphatic hydroxyl groups is 1. The van der Waals surface area contributed by atoms with Crippen molar-refractivity contribution in [1.82, 2.24) is 20.0 Å². The van der Waals surface area contributed by atoms with Gasteiger partial charge in [-0.2, -0.15) is 0 Å². The molecule has 27 heavy (non-hydrogen) atoms. The van der Waals surface area contributed by atoms with Gasteiger partial charge in [-0.1, -0.05) is 33.1 Å². The quantitative estimate of drug-likeness (QED) is 0.622. The fourth-order valence-corrected chi connectivity index (χ4v) is 3.71. The van der Waals surface area contributed by atoms with Crippen molar-refractivity contribution in [1.29, 1.82) is 0 Å². The summed E-state index contributed by atoms with van der Waals surface area (Å²) in [6, 6.07) is -0.435. The number of hydrogen-bond donors (Lipinski definition) is 2. The van der Waals surface area contributed by atoms with Crippen molar-refractivity contribution in [2.24, 2.45) is 11.8 Å². The van der Waals surface area contributed by atoms with Crippen molar-refractivity contribution >= 4 is 18.1 Å². The van der Waals surface area contributed by atoms with E-state index in [4.69, 9.17) is 16.6 Å². The van der Waals surface area contributed by atoms with E-state index in [2.05, 4.69) is 24.3 Å². The Kier molecular flexibility index (Phi) is 8.44. The van der Waals surface area contributed by atoms with Gasteiger partial charge in [-0.05, 0) is 51.5 Å². The summed E-state index contributed by atoms with van der Waals surface area (Å²) in [5, 5.41) is 18.3. The first kappa shape index (κ1) is 22.0. The van der Waals surface area contributed by atoms with Crippen LogP contribution >= 0.6 is 12.2 Å². The van der Waals surface area contributed by atoms with Gasteiger partial charge in [0.05, 0.1) is 12.6 Å². The molecule has 8 heteroatoms. The van der Waals surface area contributed by atoms with Gasteiger partial charge in [0.25, 0.3) is 4.84 Å². The van der Waals surface area contributed by atoms with Crippen molar-refractivity contribution in [2.45, 2.75) is 71.1 Å². The van der Waals surface area contributed by atoms with Crippen LogP contribution in [-0.4, -0.2) is 52.4 Å². The number of aliphatic hydroxyl groups excluding tert-OH is 1. The van der Waals surface area contributed by atoms with E-state index in [0.717, 1.165) is 32.2 Å². The summed E-state index contributed by atoms with van der Waals surface area (Å²) in [5.74, 6) is 0.568. The van der Waals surface area contributed by atoms with Gasteiger partial charge in [0.1, 0.15) is 0 Å². The van der Waals surface area contributed by atoms with Gasteiger partial charge in [0.15, 0.2) is 6.10 Å². The fourth-order valence-electron chi connectivity index (χ4n) is 3.49. The van der Waals surface area contributed by atoms with E-state index in [-0.39, 0.29) is 22.6 Å². The highest BCUT2D eigenvalue weighted by molar-refractivity contribution is 7.71. The third kappa shape index (κ3) is 6.69. The Morgan fingerprint density at radius 3 is 2.63 bits per heavy atom. The highest BCUT2D eigenvalue weighted by Crippen LogP contribution is 2.26. The molecule has 1 saturated carbocycles. The molecular formula is C19H34N4O3S. The van der Waals surface area contributed by atoms with Gasteiger partial charge < -0.3 is 19.7 Å². The summed E-state index contributed by atoms with van der Waals surface area (Å²) in [6.45, 7) is 5.49. The molecule has 2 atom stereocenters. The molecule has 2 rings (SSSR count). The largest absolute Gasteiger partial charge is 0.411 e. The second kappa shape index (κ2) is 10.3. The molecule has 7 nitrogen and oxygen atoms in total. The maximum absolute atomic E-state index is 12.7. The lowest BCUT2D eigenvalue weighted by Crippen LogP contribution is -2.43. The average molecular weight is 399 g/mol. The Labute approximate surface area is 167 Å². The number of amides is 1. The van der Waals surface area contributed by atoms with Crippen LogP contribution in [0.15, 0.2) is 4.42 Å². The molecule has 1 fully saturated rings. The molecular weight excluding hydrogens is 364 g/mol. The van der Waals surface area contributed by atoms with Crippen LogP contribution in [0.5, 0.6) is 0 Å². The molecule has 1 amide bonds. The SMILES string of the molecule is CC(C)CC(NC(=O)C1CCCCC1)C(O)c1nn(CCN(C)C)c(=S)o1. The van der Waals surface area contributed by atoms with Crippen LogP contribution in [0, 0.1) is 16.7 Å². The highest BCUT2D eigenvalue weighted by atomic mass is 32.1. The van der Waals surface area contributed by atoms with E-state index in [1.807, 2.05) is 19.0 Å². The summed E-state index contributed by atoms with van der Waals surface area (Å²) in [7, 11) is 3.94. The zero-order chi connectivity index (χ0) is 20.0. The maximum Gasteiger partial charge on any atom is 0.287 e. The molecule has 1 aromatic heterocycles. The lowest BCUT2D eigenvalue weighted by Gasteiger charge is -2.27. The smallest absolute Gasteiger partial charge is 0.287 e. The molecule has 0 aromatic carbocycles. The molecule has 1 aliphatic rings. The second-order valence-electron chi connectivity index (χ2n) is 8.26. The number of rotatable bonds is 9. The van der Waals surface area contributed by atoms with Crippen LogP contribution in [0.2, 0.25) is 0 Å². The van der Waals surface area contributed by atoms with E-state index in [0.29, 0.717) is 18.9 Å². The van der Waals surface area contributed by atoms with Crippen molar-refractivity contribution in [3.63, 3.8) is 0 Å². The highest BCUT2D eigenvalue weighted by Gasteiger charge is 2.31. The molecule has 0 saturated heterocycles. The van der Waals surface area contributed by atoms with Crippen LogP contribution in [0.25, 0.3) is 0 Å². The normalized spacial score (nSPS) is 18.0. The maximum atomic E-state index is 12.7. The van der Waals surface area contributed by atoms with E-state index in [1.165, 1.54) is 6.42 Å². The predicted octanol–water partition coefficient (Wildman–Crippen LogP) is 2.91. The Hall–Kier alpha value is -1.25. The number of likely N-dealkylation sites (N-methyl/N-ethyl adjacent to an activating group) is 1. The Morgan fingerprint density at radius 2 is 2.04 bits per heavy atom. The number of aromatic nitrogens is 2. The van der Waals surface area contributed by atoms with Crippen molar-refractivity contribution < 1.29 is 14.3 Å². The van der Waals surface area contributed by atoms with Crippen molar-refractivity contribution in [3.8, 4) is 0 Å². The molecule has 2 N–H and O–H groups in total. The molecule has 0 spiro atoms. The van der Waals surface area contributed by atoms with Gasteiger partial charge in [0.2, 0.25) is 11.8 Å². The van der Waals surface area contributed by atoms with Gasteiger partial charge in [-0.15, -0.1) is 5.10 Å². The third-order valence-corrected chi connectivity index (χ3v) is 5.34. The van der Waals surface area contributed by atoms with E-state index >= 15 is 0 Å². The minimum atomic E-state index is -1.01. The minimum Gasteiger partial charge on any atom is -0.411 e. The zero-order valence-electron chi connectivity index (χ0n) is 17.0. The summed E-state index contributed by atoms with van der Waals surface area (Å²) in [4.78, 5) is 14.9. The molecule has 0 aliphatic heterocycles. The Balaban J connectivity index is 2.09. The number of nitrogens with one attached hydrogen (secondary N) is 1. The van der Waals surface area contributed by atoms with Crippen LogP contribution in [0.4, 0.5) is 0 Å². The first-order valence-corrected chi connectivity index (χ1v) is 10.4. The Morgan fingerprint density at radius 1 is 1.37 bits per heavy atom. The second-order valence-corrected chi connectivity index (χ2v) is 8.61. The minimum absolute atomic E-state index is 0.0324. The first-order chi connectivity index (χ1) is 12.8. The van der Waals surface area contributed by atoms with Gasteiger partial charge >= 0.3 is 0 Å². The van der Waals surface area contributed by atoms with Crippen molar-refractivity contribution in [2.75, 3.05) is 20.6 Å². The molecule has 2 unspecified atom stereocenters. The van der Waals surface area contributed by atoms with Crippen LogP contribution in [0.1, 0.15) is 64.4 Å². The topological polar surface area (TPSA) is 83.5 Å². The van der Waals surface area contributed by atoms with E-state index < -0.39 is 12.1 Å². The first-order valence-electron chi connectivity index (χ1n) is 9.99. The summed E-state index contributed by atoms with van der Waals surface area (Å²) >= 11 is 5.23. The molecule has 0 radical (unpaired) electrons. The lowest BCUT2D eigenvalue weighted by atomic mass is 9.88. The molecule has 1 heterocycles. The number of hydrogen-bond acceptors (Lipinski definition) is 6. The number of nitrogens with zero attached hydrogens (tertiary/aromatic N) is 3. The molecule has 0 bridgehead atoms. The number of carbonyl (C=O) groups is 1. The van der Waals surface area contributed by atoms with Gasteiger partial charge in [-0.25, -0.2) is 4.68 Å². The van der Waals surface area contributed by atoms with E-state index in [9.17, 15) is 9.90 Å². The van der Waals surface area contributed by atoms with Gasteiger partial charge in [-0.3, -0.25) is 4.79 Å². The van der Waals surface area contributed by atoms with Gasteiger partial charge in [0, 0.05) is 12.5 Å². The van der Waals surface area contributed by atoms with Crippen LogP contribution in [-0.2, 0) is 11.3 Å². The number of carbonyl (C=O) groups excluding carboxylic acids is 1. The average Bonchev–Trinajstić information content (AvgIpc) is 2.99. The lowest BCUT2D eigenvalue weighted by molar-refractivity contribution is -0.127. The Bertz CT molecular complexity index is 650. The predicted molar refractivity (Wildman–Crippen MR) is 107 cm³/mol. The summed E-state index contributed by atoms with van der Waals surface area (Å²) in [5.41, 5.74) is 0. The molecule has 1 aliphatic carbocycles. The molecule has 154 valence electrons. The van der Waals surface area contributed by atoms with Crippen LogP contribution in [0.3, 0.4) is 0 Å².